The minimum absolute atomic E-state index is 0.517. The molecule has 1 aliphatic heterocycles. The fraction of sp³-hybridized carbons (Fsp3) is 1.00. The van der Waals surface area contributed by atoms with E-state index in [2.05, 4.69) is 25.8 Å². The van der Waals surface area contributed by atoms with Gasteiger partial charge in [0.1, 0.15) is 0 Å². The second-order valence-corrected chi connectivity index (χ2v) is 6.11. The molecule has 1 heterocycles. The maximum absolute atomic E-state index is 11.1. The Hall–Kier alpha value is 0.110. The van der Waals surface area contributed by atoms with Crippen molar-refractivity contribution in [2.24, 2.45) is 5.92 Å². The van der Waals surface area contributed by atoms with Crippen molar-refractivity contribution >= 4 is 10.8 Å². The lowest BCUT2D eigenvalue weighted by Crippen LogP contribution is -2.39. The molecule has 0 bridgehead atoms. The molecule has 78 valence electrons. The van der Waals surface area contributed by atoms with Crippen molar-refractivity contribution in [2.75, 3.05) is 25.1 Å². The summed E-state index contributed by atoms with van der Waals surface area (Å²) in [6.45, 7) is 5.66. The third-order valence-electron chi connectivity index (χ3n) is 2.63. The third-order valence-corrected chi connectivity index (χ3v) is 4.02. The summed E-state index contributed by atoms with van der Waals surface area (Å²) in [7, 11) is 1.68. The molecule has 0 amide bonds. The Balaban J connectivity index is 2.31. The van der Waals surface area contributed by atoms with Gasteiger partial charge < -0.3 is 4.90 Å². The van der Waals surface area contributed by atoms with Crippen LogP contribution in [0.25, 0.3) is 0 Å². The third kappa shape index (κ3) is 3.77. The Morgan fingerprint density at radius 3 is 2.38 bits per heavy atom. The highest BCUT2D eigenvalue weighted by Crippen LogP contribution is 2.15. The normalized spacial score (nSPS) is 29.9. The van der Waals surface area contributed by atoms with E-state index in [-0.39, 0.29) is 0 Å². The van der Waals surface area contributed by atoms with Crippen LogP contribution >= 0.6 is 0 Å². The van der Waals surface area contributed by atoms with Crippen molar-refractivity contribution < 1.29 is 4.21 Å². The van der Waals surface area contributed by atoms with Crippen LogP contribution in [0.3, 0.4) is 0 Å². The molecule has 0 atom stereocenters. The smallest absolute Gasteiger partial charge is 0.0249 e. The molecule has 0 saturated carbocycles. The van der Waals surface area contributed by atoms with Crippen LogP contribution in [0.15, 0.2) is 0 Å². The summed E-state index contributed by atoms with van der Waals surface area (Å²) in [4.78, 5) is 2.43. The van der Waals surface area contributed by atoms with Gasteiger partial charge in [0.25, 0.3) is 0 Å². The molecule has 0 N–H and O–H groups in total. The van der Waals surface area contributed by atoms with Gasteiger partial charge in [0.05, 0.1) is 0 Å². The van der Waals surface area contributed by atoms with E-state index in [4.69, 9.17) is 0 Å². The van der Waals surface area contributed by atoms with Crippen molar-refractivity contribution in [3.63, 3.8) is 0 Å². The van der Waals surface area contributed by atoms with Gasteiger partial charge in [0.2, 0.25) is 0 Å². The van der Waals surface area contributed by atoms with Crippen molar-refractivity contribution in [3.8, 4) is 0 Å². The second-order valence-electron chi connectivity index (χ2n) is 4.41. The van der Waals surface area contributed by atoms with Gasteiger partial charge in [-0.3, -0.25) is 4.21 Å². The topological polar surface area (TPSA) is 20.3 Å². The highest BCUT2D eigenvalue weighted by atomic mass is 32.2. The van der Waals surface area contributed by atoms with E-state index in [1.54, 1.807) is 0 Å². The Morgan fingerprint density at radius 1 is 1.38 bits per heavy atom. The summed E-state index contributed by atoms with van der Waals surface area (Å²) < 4.78 is 11.1. The molecule has 13 heavy (non-hydrogen) atoms. The van der Waals surface area contributed by atoms with E-state index in [1.807, 2.05) is 0 Å². The molecule has 0 radical (unpaired) electrons. The number of rotatable bonds is 3. The zero-order valence-electron chi connectivity index (χ0n) is 8.95. The largest absolute Gasteiger partial charge is 0.303 e. The molecule has 1 saturated heterocycles. The highest BCUT2D eigenvalue weighted by Gasteiger charge is 2.21. The van der Waals surface area contributed by atoms with Gasteiger partial charge in [0, 0.05) is 34.9 Å². The molecule has 1 rings (SSSR count). The molecule has 1 fully saturated rings. The average Bonchev–Trinajstić information content (AvgIpc) is 2.04. The molecule has 0 aromatic rings. The predicted molar refractivity (Wildman–Crippen MR) is 58.4 cm³/mol. The van der Waals surface area contributed by atoms with E-state index in [1.165, 1.54) is 0 Å². The zero-order chi connectivity index (χ0) is 9.84. The van der Waals surface area contributed by atoms with E-state index < -0.39 is 10.8 Å². The van der Waals surface area contributed by atoms with Crippen LogP contribution in [0.5, 0.6) is 0 Å². The van der Waals surface area contributed by atoms with Crippen LogP contribution in [0.1, 0.15) is 26.7 Å². The quantitative estimate of drug-likeness (QED) is 0.692. The van der Waals surface area contributed by atoms with Gasteiger partial charge in [-0.25, -0.2) is 0 Å². The van der Waals surface area contributed by atoms with E-state index in [0.717, 1.165) is 36.8 Å². The Bertz CT molecular complexity index is 172. The number of hydrogen-bond acceptors (Lipinski definition) is 2. The van der Waals surface area contributed by atoms with E-state index in [9.17, 15) is 4.21 Å². The molecule has 3 heteroatoms. The standard InChI is InChI=1S/C10H21NOS/c1-9(2)8-11(3)10-4-6-13(12)7-5-10/h9-10H,4-8H2,1-3H3. The fourth-order valence-electron chi connectivity index (χ4n) is 1.95. The van der Waals surface area contributed by atoms with Crippen molar-refractivity contribution in [3.05, 3.63) is 0 Å². The summed E-state index contributed by atoms with van der Waals surface area (Å²) in [5.41, 5.74) is 0. The van der Waals surface area contributed by atoms with Crippen LogP contribution < -0.4 is 0 Å². The second kappa shape index (κ2) is 5.11. The summed E-state index contributed by atoms with van der Waals surface area (Å²) in [6, 6.07) is 0.681. The summed E-state index contributed by atoms with van der Waals surface area (Å²) in [5.74, 6) is 2.55. The molecule has 0 unspecified atom stereocenters. The van der Waals surface area contributed by atoms with Crippen LogP contribution in [0.4, 0.5) is 0 Å². The maximum atomic E-state index is 11.1. The minimum atomic E-state index is -0.517. The van der Waals surface area contributed by atoms with Crippen molar-refractivity contribution in [2.45, 2.75) is 32.7 Å². The van der Waals surface area contributed by atoms with Crippen LogP contribution in [-0.2, 0) is 10.8 Å². The Kier molecular flexibility index (Phi) is 4.39. The van der Waals surface area contributed by atoms with Gasteiger partial charge in [-0.15, -0.1) is 0 Å². The summed E-state index contributed by atoms with van der Waals surface area (Å²) in [6.07, 6.45) is 2.24. The van der Waals surface area contributed by atoms with Crippen LogP contribution in [0, 0.1) is 5.92 Å². The first-order chi connectivity index (χ1) is 6.09. The first-order valence-electron chi connectivity index (χ1n) is 5.15. The highest BCUT2D eigenvalue weighted by molar-refractivity contribution is 7.85. The fourth-order valence-corrected chi connectivity index (χ4v) is 3.22. The van der Waals surface area contributed by atoms with Gasteiger partial charge in [-0.1, -0.05) is 13.8 Å². The van der Waals surface area contributed by atoms with Crippen LogP contribution in [-0.4, -0.2) is 40.2 Å². The maximum Gasteiger partial charge on any atom is 0.0249 e. The molecule has 1 aliphatic rings. The first-order valence-corrected chi connectivity index (χ1v) is 6.63. The van der Waals surface area contributed by atoms with Crippen LogP contribution in [0.2, 0.25) is 0 Å². The first kappa shape index (κ1) is 11.2. The SMILES string of the molecule is CC(C)CN(C)C1CCS(=O)CC1. The average molecular weight is 203 g/mol. The monoisotopic (exact) mass is 203 g/mol. The molecule has 2 nitrogen and oxygen atoms in total. The Labute approximate surface area is 84.2 Å². The summed E-state index contributed by atoms with van der Waals surface area (Å²) >= 11 is 0. The molecular weight excluding hydrogens is 182 g/mol. The predicted octanol–water partition coefficient (Wildman–Crippen LogP) is 1.49. The molecule has 0 aliphatic carbocycles. The zero-order valence-corrected chi connectivity index (χ0v) is 9.77. The molecule has 0 aromatic carbocycles. The van der Waals surface area contributed by atoms with Gasteiger partial charge in [-0.2, -0.15) is 0 Å². The molecule has 0 aromatic heterocycles. The lowest BCUT2D eigenvalue weighted by atomic mass is 10.1. The summed E-state index contributed by atoms with van der Waals surface area (Å²) in [5, 5.41) is 0. The van der Waals surface area contributed by atoms with E-state index in [0.29, 0.717) is 6.04 Å². The van der Waals surface area contributed by atoms with Crippen molar-refractivity contribution in [1.29, 1.82) is 0 Å². The van der Waals surface area contributed by atoms with Gasteiger partial charge >= 0.3 is 0 Å². The van der Waals surface area contributed by atoms with Gasteiger partial charge in [-0.05, 0) is 25.8 Å². The molecular formula is C10H21NOS. The van der Waals surface area contributed by atoms with Crippen molar-refractivity contribution in [1.82, 2.24) is 4.90 Å². The number of hydrogen-bond donors (Lipinski definition) is 0. The Morgan fingerprint density at radius 2 is 1.92 bits per heavy atom. The van der Waals surface area contributed by atoms with Gasteiger partial charge in [0.15, 0.2) is 0 Å². The number of nitrogens with zero attached hydrogens (tertiary/aromatic N) is 1. The lowest BCUT2D eigenvalue weighted by molar-refractivity contribution is 0.205. The minimum Gasteiger partial charge on any atom is -0.303 e. The lowest BCUT2D eigenvalue weighted by Gasteiger charge is -2.31. The van der Waals surface area contributed by atoms with E-state index >= 15 is 0 Å². The molecule has 0 spiro atoms.